The molecule has 0 saturated carbocycles. The molecule has 0 fully saturated rings. The molecule has 3 nitrogen and oxygen atoms in total. The summed E-state index contributed by atoms with van der Waals surface area (Å²) in [7, 11) is 0. The van der Waals surface area contributed by atoms with Crippen molar-refractivity contribution in [1.82, 2.24) is 0 Å². The molecule has 178 valence electrons. The lowest BCUT2D eigenvalue weighted by Gasteiger charge is -2.20. The first-order chi connectivity index (χ1) is 14.3. The van der Waals surface area contributed by atoms with Crippen LogP contribution >= 0.6 is 0 Å². The van der Waals surface area contributed by atoms with Gasteiger partial charge in [-0.2, -0.15) is 0 Å². The smallest absolute Gasteiger partial charge is 0.100 e. The van der Waals surface area contributed by atoms with Gasteiger partial charge < -0.3 is 15.6 Å². The predicted molar refractivity (Wildman–Crippen MR) is 139 cm³/mol. The van der Waals surface area contributed by atoms with E-state index in [-0.39, 0.29) is 11.7 Å². The number of rotatable bonds is 8. The highest BCUT2D eigenvalue weighted by Gasteiger charge is 2.09. The van der Waals surface area contributed by atoms with Gasteiger partial charge in [0.25, 0.3) is 0 Å². The molecule has 1 unspecified atom stereocenters. The van der Waals surface area contributed by atoms with Gasteiger partial charge in [0.1, 0.15) is 5.60 Å². The van der Waals surface area contributed by atoms with Crippen molar-refractivity contribution in [2.45, 2.75) is 99.7 Å². The van der Waals surface area contributed by atoms with Crippen LogP contribution in [-0.4, -0.2) is 23.4 Å². The topological polar surface area (TPSA) is 55.5 Å². The van der Waals surface area contributed by atoms with Gasteiger partial charge in [-0.3, -0.25) is 0 Å². The summed E-state index contributed by atoms with van der Waals surface area (Å²) < 4.78 is 5.24. The Hall–Kier alpha value is -1.84. The van der Waals surface area contributed by atoms with Crippen LogP contribution in [0.1, 0.15) is 91.3 Å². The first-order valence-electron chi connectivity index (χ1n) is 11.4. The van der Waals surface area contributed by atoms with E-state index in [2.05, 4.69) is 58.2 Å². The number of hydrogen-bond donors (Lipinski definition) is 2. The van der Waals surface area contributed by atoms with E-state index in [1.807, 2.05) is 41.5 Å². The van der Waals surface area contributed by atoms with E-state index in [0.29, 0.717) is 0 Å². The number of benzene rings is 1. The molecule has 0 radical (unpaired) electrons. The van der Waals surface area contributed by atoms with Gasteiger partial charge in [0.05, 0.1) is 11.9 Å². The summed E-state index contributed by atoms with van der Waals surface area (Å²) in [6, 6.07) is 6.54. The van der Waals surface area contributed by atoms with Gasteiger partial charge in [0.15, 0.2) is 0 Å². The molecule has 1 rings (SSSR count). The molecule has 0 heterocycles. The summed E-state index contributed by atoms with van der Waals surface area (Å²) >= 11 is 0. The second kappa shape index (κ2) is 16.8. The quantitative estimate of drug-likeness (QED) is 0.334. The van der Waals surface area contributed by atoms with Gasteiger partial charge in [-0.1, -0.05) is 56.9 Å². The lowest BCUT2D eigenvalue weighted by molar-refractivity contribution is 0.0544. The van der Waals surface area contributed by atoms with E-state index >= 15 is 0 Å². The summed E-state index contributed by atoms with van der Waals surface area (Å²) in [6.45, 7) is 26.6. The Morgan fingerprint density at radius 2 is 1.71 bits per heavy atom. The van der Waals surface area contributed by atoms with Crippen molar-refractivity contribution in [2.24, 2.45) is 5.73 Å². The van der Waals surface area contributed by atoms with Crippen LogP contribution in [0.15, 0.2) is 48.3 Å². The van der Waals surface area contributed by atoms with Crippen molar-refractivity contribution in [1.29, 1.82) is 0 Å². The van der Waals surface area contributed by atoms with E-state index < -0.39 is 0 Å². The first kappa shape index (κ1) is 31.3. The maximum absolute atomic E-state index is 9.64. The predicted octanol–water partition coefficient (Wildman–Crippen LogP) is 7.37. The van der Waals surface area contributed by atoms with Gasteiger partial charge in [0.2, 0.25) is 0 Å². The Bertz CT molecular complexity index is 679. The number of aryl methyl sites for hydroxylation is 2. The van der Waals surface area contributed by atoms with E-state index in [1.54, 1.807) is 0 Å². The second-order valence-electron chi connectivity index (χ2n) is 9.10. The molecule has 3 N–H and O–H groups in total. The molecule has 0 aliphatic heterocycles. The highest BCUT2D eigenvalue weighted by atomic mass is 16.5. The third-order valence-electron chi connectivity index (χ3n) is 4.40. The molecule has 0 spiro atoms. The van der Waals surface area contributed by atoms with Crippen LogP contribution in [-0.2, 0) is 11.2 Å². The van der Waals surface area contributed by atoms with Crippen molar-refractivity contribution in [3.63, 3.8) is 0 Å². The summed E-state index contributed by atoms with van der Waals surface area (Å²) in [5.74, 6) is 0.775. The lowest BCUT2D eigenvalue weighted by Crippen LogP contribution is -2.17. The van der Waals surface area contributed by atoms with Crippen LogP contribution in [0.3, 0.4) is 0 Å². The summed E-state index contributed by atoms with van der Waals surface area (Å²) in [5, 5.41) is 9.64. The Labute approximate surface area is 193 Å². The van der Waals surface area contributed by atoms with E-state index in [1.165, 1.54) is 22.3 Å². The maximum atomic E-state index is 9.64. The molecule has 0 amide bonds. The lowest BCUT2D eigenvalue weighted by atomic mass is 9.98. The average Bonchev–Trinajstić information content (AvgIpc) is 2.66. The van der Waals surface area contributed by atoms with Crippen LogP contribution < -0.4 is 5.73 Å². The minimum absolute atomic E-state index is 0.0775. The first-order valence-corrected chi connectivity index (χ1v) is 11.4. The molecule has 1 aromatic rings. The van der Waals surface area contributed by atoms with E-state index in [0.717, 1.165) is 43.6 Å². The highest BCUT2D eigenvalue weighted by Crippen LogP contribution is 2.19. The summed E-state index contributed by atoms with van der Waals surface area (Å²) in [6.07, 6.45) is 5.70. The number of ether oxygens (including phenoxy) is 1. The molecule has 0 aromatic heterocycles. The molecule has 1 aromatic carbocycles. The number of aliphatic hydroxyl groups is 1. The number of aliphatic hydroxyl groups excluding tert-OH is 1. The summed E-state index contributed by atoms with van der Waals surface area (Å²) in [4.78, 5) is 0. The molecular weight excluding hydrogens is 382 g/mol. The van der Waals surface area contributed by atoms with Crippen molar-refractivity contribution < 1.29 is 9.84 Å². The normalized spacial score (nSPS) is 12.0. The van der Waals surface area contributed by atoms with E-state index in [4.69, 9.17) is 10.5 Å². The minimum Gasteiger partial charge on any atom is -0.493 e. The largest absolute Gasteiger partial charge is 0.493 e. The van der Waals surface area contributed by atoms with Crippen LogP contribution in [0.4, 0.5) is 0 Å². The van der Waals surface area contributed by atoms with Crippen LogP contribution in [0.5, 0.6) is 0 Å². The Balaban J connectivity index is 0. The average molecular weight is 432 g/mol. The molecular formula is C28H49NO2. The van der Waals surface area contributed by atoms with Crippen LogP contribution in [0.2, 0.25) is 0 Å². The van der Waals surface area contributed by atoms with E-state index in [9.17, 15) is 5.11 Å². The SMILES string of the molecule is C=C(C)/C(C)=C/c1cc(CCC(O)CC)ccc1C.C=C(C)OC(C)(C)C.CCCN. The Morgan fingerprint density at radius 1 is 1.16 bits per heavy atom. The Kier molecular flexibility index (Phi) is 17.0. The number of allylic oxidation sites excluding steroid dienone is 3. The molecule has 3 heteroatoms. The van der Waals surface area contributed by atoms with Crippen LogP contribution in [0.25, 0.3) is 6.08 Å². The van der Waals surface area contributed by atoms with Gasteiger partial charge in [-0.05, 0) is 103 Å². The van der Waals surface area contributed by atoms with Gasteiger partial charge in [-0.25, -0.2) is 0 Å². The minimum atomic E-state index is -0.183. The fourth-order valence-corrected chi connectivity index (χ4v) is 2.42. The van der Waals surface area contributed by atoms with Crippen molar-refractivity contribution in [2.75, 3.05) is 6.54 Å². The van der Waals surface area contributed by atoms with Gasteiger partial charge >= 0.3 is 0 Å². The van der Waals surface area contributed by atoms with Crippen molar-refractivity contribution in [3.05, 3.63) is 65.0 Å². The molecule has 0 saturated heterocycles. The van der Waals surface area contributed by atoms with Crippen molar-refractivity contribution in [3.8, 4) is 0 Å². The van der Waals surface area contributed by atoms with Gasteiger partial charge in [0, 0.05) is 0 Å². The fourth-order valence-electron chi connectivity index (χ4n) is 2.42. The fraction of sp³-hybridized carbons (Fsp3) is 0.571. The highest BCUT2D eigenvalue weighted by molar-refractivity contribution is 5.60. The summed E-state index contributed by atoms with van der Waals surface area (Å²) in [5.41, 5.74) is 11.1. The Morgan fingerprint density at radius 3 is 2.06 bits per heavy atom. The molecule has 0 aliphatic rings. The molecule has 1 atom stereocenters. The standard InChI is InChI=1S/C18H26O.C7H14O.C3H9N/c1-6-18(19)10-9-16-8-7-14(4)17(12-16)11-15(5)13(2)3;1-6(2)8-7(3,4)5;1-2-3-4/h7-8,11-12,18-19H,2,6,9-10H2,1,3-5H3;1H2,2-5H3;2-4H2,1H3/b15-11+;;. The third-order valence-corrected chi connectivity index (χ3v) is 4.40. The maximum Gasteiger partial charge on any atom is 0.100 e. The number of nitrogens with two attached hydrogens (primary N) is 1. The number of hydrogen-bond acceptors (Lipinski definition) is 3. The molecule has 31 heavy (non-hydrogen) atoms. The molecule has 0 aliphatic carbocycles. The molecule has 0 bridgehead atoms. The monoisotopic (exact) mass is 431 g/mol. The zero-order valence-electron chi connectivity index (χ0n) is 21.8. The second-order valence-corrected chi connectivity index (χ2v) is 9.10. The van der Waals surface area contributed by atoms with Gasteiger partial charge in [-0.15, -0.1) is 0 Å². The third kappa shape index (κ3) is 18.6. The zero-order valence-corrected chi connectivity index (χ0v) is 21.8. The van der Waals surface area contributed by atoms with Crippen molar-refractivity contribution >= 4 is 6.08 Å². The van der Waals surface area contributed by atoms with Crippen LogP contribution in [0, 0.1) is 6.92 Å². The zero-order chi connectivity index (χ0) is 24.6.